The van der Waals surface area contributed by atoms with Gasteiger partial charge in [0.1, 0.15) is 12.3 Å². The third kappa shape index (κ3) is 4.92. The zero-order chi connectivity index (χ0) is 20.8. The van der Waals surface area contributed by atoms with Gasteiger partial charge in [-0.3, -0.25) is 9.59 Å². The molecule has 0 saturated heterocycles. The molecule has 0 bridgehead atoms. The maximum Gasteiger partial charge on any atom is 0.326 e. The Morgan fingerprint density at radius 2 is 1.79 bits per heavy atom. The SMILES string of the molecule is CCOC(=O)Cn1c(=NC(=O)c2ccc(OCC)cc2)sc2cc(CC)ccc21. The third-order valence-electron chi connectivity index (χ3n) is 4.36. The Balaban J connectivity index is 2.03. The number of ether oxygens (including phenoxy) is 2. The van der Waals surface area contributed by atoms with Gasteiger partial charge in [0.25, 0.3) is 5.91 Å². The van der Waals surface area contributed by atoms with E-state index in [1.165, 1.54) is 16.9 Å². The second kappa shape index (κ2) is 9.52. The van der Waals surface area contributed by atoms with Crippen molar-refractivity contribution in [1.82, 2.24) is 4.57 Å². The molecule has 0 fully saturated rings. The lowest BCUT2D eigenvalue weighted by atomic mass is 10.2. The normalized spacial score (nSPS) is 11.6. The van der Waals surface area contributed by atoms with Gasteiger partial charge in [-0.25, -0.2) is 0 Å². The molecule has 29 heavy (non-hydrogen) atoms. The van der Waals surface area contributed by atoms with Crippen LogP contribution in [-0.2, 0) is 22.5 Å². The van der Waals surface area contributed by atoms with Gasteiger partial charge in [-0.1, -0.05) is 24.3 Å². The lowest BCUT2D eigenvalue weighted by Crippen LogP contribution is -2.23. The number of nitrogens with zero attached hydrogens (tertiary/aromatic N) is 2. The first-order valence-corrected chi connectivity index (χ1v) is 10.5. The summed E-state index contributed by atoms with van der Waals surface area (Å²) in [6.45, 7) is 6.63. The van der Waals surface area contributed by atoms with Gasteiger partial charge in [-0.05, 0) is 62.2 Å². The van der Waals surface area contributed by atoms with Crippen LogP contribution in [0.4, 0.5) is 0 Å². The first kappa shape index (κ1) is 20.8. The lowest BCUT2D eigenvalue weighted by molar-refractivity contribution is -0.143. The van der Waals surface area contributed by atoms with Gasteiger partial charge >= 0.3 is 5.97 Å². The van der Waals surface area contributed by atoms with Gasteiger partial charge in [-0.2, -0.15) is 4.99 Å². The Labute approximate surface area is 173 Å². The second-order valence-electron chi connectivity index (χ2n) is 6.31. The number of benzene rings is 2. The van der Waals surface area contributed by atoms with Gasteiger partial charge in [0.15, 0.2) is 4.80 Å². The van der Waals surface area contributed by atoms with Gasteiger partial charge in [0.2, 0.25) is 0 Å². The van der Waals surface area contributed by atoms with Crippen molar-refractivity contribution in [2.24, 2.45) is 4.99 Å². The molecule has 0 radical (unpaired) electrons. The lowest BCUT2D eigenvalue weighted by Gasteiger charge is -2.06. The van der Waals surface area contributed by atoms with Crippen LogP contribution in [0.15, 0.2) is 47.5 Å². The number of esters is 1. The summed E-state index contributed by atoms with van der Waals surface area (Å²) in [5.74, 6) is -0.0231. The minimum atomic E-state index is -0.368. The summed E-state index contributed by atoms with van der Waals surface area (Å²) < 4.78 is 13.2. The number of carbonyl (C=O) groups excluding carboxylic acids is 2. The van der Waals surface area contributed by atoms with Crippen LogP contribution in [0.1, 0.15) is 36.7 Å². The monoisotopic (exact) mass is 412 g/mol. The smallest absolute Gasteiger partial charge is 0.326 e. The minimum Gasteiger partial charge on any atom is -0.494 e. The van der Waals surface area contributed by atoms with Crippen molar-refractivity contribution in [3.8, 4) is 5.75 Å². The highest BCUT2D eigenvalue weighted by Crippen LogP contribution is 2.20. The van der Waals surface area contributed by atoms with Gasteiger partial charge in [-0.15, -0.1) is 0 Å². The van der Waals surface area contributed by atoms with E-state index in [2.05, 4.69) is 18.0 Å². The van der Waals surface area contributed by atoms with Crippen molar-refractivity contribution >= 4 is 33.4 Å². The van der Waals surface area contributed by atoms with E-state index < -0.39 is 0 Å². The van der Waals surface area contributed by atoms with Crippen molar-refractivity contribution < 1.29 is 19.1 Å². The van der Waals surface area contributed by atoms with E-state index in [4.69, 9.17) is 9.47 Å². The average Bonchev–Trinajstić information content (AvgIpc) is 3.05. The molecule has 0 N–H and O–H groups in total. The Morgan fingerprint density at radius 1 is 1.03 bits per heavy atom. The van der Waals surface area contributed by atoms with E-state index in [9.17, 15) is 9.59 Å². The Kier molecular flexibility index (Phi) is 6.82. The summed E-state index contributed by atoms with van der Waals surface area (Å²) in [5.41, 5.74) is 2.51. The molecule has 1 amide bonds. The Morgan fingerprint density at radius 3 is 2.45 bits per heavy atom. The number of carbonyl (C=O) groups is 2. The Hall–Kier alpha value is -2.93. The summed E-state index contributed by atoms with van der Waals surface area (Å²) in [7, 11) is 0. The first-order chi connectivity index (χ1) is 14.0. The van der Waals surface area contributed by atoms with Crippen LogP contribution in [0.2, 0.25) is 0 Å². The molecule has 152 valence electrons. The number of thiazole rings is 1. The molecule has 0 aliphatic carbocycles. The largest absolute Gasteiger partial charge is 0.494 e. The van der Waals surface area contributed by atoms with Gasteiger partial charge in [0, 0.05) is 5.56 Å². The van der Waals surface area contributed by atoms with Gasteiger partial charge in [0.05, 0.1) is 23.4 Å². The fourth-order valence-electron chi connectivity index (χ4n) is 2.92. The van der Waals surface area contributed by atoms with Crippen LogP contribution in [0.3, 0.4) is 0 Å². The van der Waals surface area contributed by atoms with Crippen molar-refractivity contribution in [3.05, 3.63) is 58.4 Å². The predicted octanol–water partition coefficient (Wildman–Crippen LogP) is 3.97. The molecule has 6 nitrogen and oxygen atoms in total. The maximum atomic E-state index is 12.7. The summed E-state index contributed by atoms with van der Waals surface area (Å²) in [4.78, 5) is 29.6. The van der Waals surface area contributed by atoms with E-state index in [1.807, 2.05) is 19.1 Å². The summed E-state index contributed by atoms with van der Waals surface area (Å²) in [6, 6.07) is 12.9. The molecule has 2 aromatic carbocycles. The topological polar surface area (TPSA) is 69.9 Å². The van der Waals surface area contributed by atoms with E-state index in [1.54, 1.807) is 35.8 Å². The quantitative estimate of drug-likeness (QED) is 0.551. The third-order valence-corrected chi connectivity index (χ3v) is 5.40. The molecule has 1 heterocycles. The molecule has 0 atom stereocenters. The molecule has 0 aliphatic heterocycles. The number of amides is 1. The van der Waals surface area contributed by atoms with Crippen molar-refractivity contribution in [1.29, 1.82) is 0 Å². The number of fused-ring (bicyclic) bond motifs is 1. The fourth-order valence-corrected chi connectivity index (χ4v) is 4.01. The van der Waals surface area contributed by atoms with Crippen LogP contribution in [0.5, 0.6) is 5.75 Å². The highest BCUT2D eigenvalue weighted by atomic mass is 32.1. The van der Waals surface area contributed by atoms with Crippen molar-refractivity contribution in [2.75, 3.05) is 13.2 Å². The fraction of sp³-hybridized carbons (Fsp3) is 0.318. The molecule has 3 aromatic rings. The van der Waals surface area contributed by atoms with Crippen LogP contribution < -0.4 is 9.54 Å². The highest BCUT2D eigenvalue weighted by Gasteiger charge is 2.13. The number of aromatic nitrogens is 1. The van der Waals surface area contributed by atoms with Crippen LogP contribution in [-0.4, -0.2) is 29.7 Å². The van der Waals surface area contributed by atoms with E-state index in [0.717, 1.165) is 16.6 Å². The first-order valence-electron chi connectivity index (χ1n) is 9.65. The zero-order valence-electron chi connectivity index (χ0n) is 16.8. The molecule has 3 rings (SSSR count). The van der Waals surface area contributed by atoms with E-state index in [0.29, 0.717) is 29.3 Å². The molecule has 0 saturated carbocycles. The molecule has 1 aromatic heterocycles. The summed E-state index contributed by atoms with van der Waals surface area (Å²) in [5, 5.41) is 0. The average molecular weight is 413 g/mol. The van der Waals surface area contributed by atoms with E-state index in [-0.39, 0.29) is 18.4 Å². The second-order valence-corrected chi connectivity index (χ2v) is 7.31. The van der Waals surface area contributed by atoms with Crippen molar-refractivity contribution in [3.63, 3.8) is 0 Å². The molecule has 0 aliphatic rings. The number of hydrogen-bond donors (Lipinski definition) is 0. The maximum absolute atomic E-state index is 12.7. The molecular formula is C22H24N2O4S. The Bertz CT molecular complexity index is 1080. The number of aryl methyl sites for hydroxylation is 1. The molecule has 7 heteroatoms. The standard InChI is InChI=1S/C22H24N2O4S/c1-4-15-7-12-18-19(13-15)29-22(24(18)14-20(25)28-6-3)23-21(26)16-8-10-17(11-9-16)27-5-2/h7-13H,4-6,14H2,1-3H3. The van der Waals surface area contributed by atoms with Crippen LogP contribution in [0, 0.1) is 0 Å². The van der Waals surface area contributed by atoms with Crippen LogP contribution >= 0.6 is 11.3 Å². The number of rotatable bonds is 7. The highest BCUT2D eigenvalue weighted by molar-refractivity contribution is 7.16. The molecular weight excluding hydrogens is 388 g/mol. The zero-order valence-corrected chi connectivity index (χ0v) is 17.6. The van der Waals surface area contributed by atoms with E-state index >= 15 is 0 Å². The van der Waals surface area contributed by atoms with Gasteiger partial charge < -0.3 is 14.0 Å². The summed E-state index contributed by atoms with van der Waals surface area (Å²) >= 11 is 1.39. The van der Waals surface area contributed by atoms with Crippen LogP contribution in [0.25, 0.3) is 10.2 Å². The van der Waals surface area contributed by atoms with Crippen molar-refractivity contribution in [2.45, 2.75) is 33.7 Å². The number of hydrogen-bond acceptors (Lipinski definition) is 5. The minimum absolute atomic E-state index is 0.00863. The molecule has 0 unspecified atom stereocenters. The predicted molar refractivity (Wildman–Crippen MR) is 113 cm³/mol. The molecule has 0 spiro atoms. The summed E-state index contributed by atoms with van der Waals surface area (Å²) in [6.07, 6.45) is 0.906.